The summed E-state index contributed by atoms with van der Waals surface area (Å²) in [4.78, 5) is 14.3. The van der Waals surface area contributed by atoms with E-state index in [1.54, 1.807) is 0 Å². The van der Waals surface area contributed by atoms with Gasteiger partial charge in [-0.3, -0.25) is 4.79 Å². The van der Waals surface area contributed by atoms with Crippen LogP contribution in [0.3, 0.4) is 0 Å². The van der Waals surface area contributed by atoms with E-state index in [9.17, 15) is 4.79 Å². The average Bonchev–Trinajstić information content (AvgIpc) is 2.46. The molecule has 1 aromatic carbocycles. The number of amides is 1. The van der Waals surface area contributed by atoms with Crippen LogP contribution in [0.4, 0.5) is 5.69 Å². The predicted molar refractivity (Wildman–Crippen MR) is 88.7 cm³/mol. The molecular weight excluding hydrogens is 260 g/mol. The van der Waals surface area contributed by atoms with Gasteiger partial charge in [-0.15, -0.1) is 0 Å². The highest BCUT2D eigenvalue weighted by Crippen LogP contribution is 2.26. The van der Waals surface area contributed by atoms with Crippen molar-refractivity contribution in [2.24, 2.45) is 11.8 Å². The summed E-state index contributed by atoms with van der Waals surface area (Å²) in [6, 6.07) is 6.31. The molecule has 0 radical (unpaired) electrons. The van der Waals surface area contributed by atoms with Gasteiger partial charge in [0, 0.05) is 19.2 Å². The Morgan fingerprint density at radius 3 is 2.38 bits per heavy atom. The second-order valence-corrected chi connectivity index (χ2v) is 6.57. The Bertz CT molecular complexity index is 472. The van der Waals surface area contributed by atoms with Gasteiger partial charge in [0.05, 0.1) is 0 Å². The standard InChI is InChI=1S/C18H28N2O/c1-13-9-14(2)11-17(10-13)20(4)18(21)12-15(3)16-5-7-19-8-6-16/h9-11,15-16,19H,5-8,12H2,1-4H3. The normalized spacial score (nSPS) is 17.5. The second kappa shape index (κ2) is 7.08. The Hall–Kier alpha value is -1.35. The lowest BCUT2D eigenvalue weighted by molar-refractivity contribution is -0.119. The van der Waals surface area contributed by atoms with Gasteiger partial charge in [-0.05, 0) is 74.9 Å². The molecule has 1 aliphatic heterocycles. The highest BCUT2D eigenvalue weighted by molar-refractivity contribution is 5.93. The molecule has 0 spiro atoms. The molecule has 0 bridgehead atoms. The van der Waals surface area contributed by atoms with Crippen LogP contribution in [0, 0.1) is 25.7 Å². The highest BCUT2D eigenvalue weighted by Gasteiger charge is 2.23. The molecule has 116 valence electrons. The van der Waals surface area contributed by atoms with Crippen LogP contribution in [0.15, 0.2) is 18.2 Å². The molecule has 0 saturated carbocycles. The van der Waals surface area contributed by atoms with Gasteiger partial charge in [0.2, 0.25) is 5.91 Å². The molecule has 2 rings (SSSR count). The van der Waals surface area contributed by atoms with Crippen LogP contribution in [0.2, 0.25) is 0 Å². The fourth-order valence-electron chi connectivity index (χ4n) is 3.28. The van der Waals surface area contributed by atoms with Gasteiger partial charge in [0.1, 0.15) is 0 Å². The topological polar surface area (TPSA) is 32.3 Å². The minimum atomic E-state index is 0.228. The Morgan fingerprint density at radius 2 is 1.81 bits per heavy atom. The number of piperidine rings is 1. The quantitative estimate of drug-likeness (QED) is 0.922. The zero-order valence-corrected chi connectivity index (χ0v) is 13.8. The Labute approximate surface area is 128 Å². The van der Waals surface area contributed by atoms with Crippen LogP contribution < -0.4 is 10.2 Å². The first-order chi connectivity index (χ1) is 9.97. The fraction of sp³-hybridized carbons (Fsp3) is 0.611. The van der Waals surface area contributed by atoms with Gasteiger partial charge < -0.3 is 10.2 Å². The number of rotatable bonds is 4. The molecule has 21 heavy (non-hydrogen) atoms. The van der Waals surface area contributed by atoms with Crippen LogP contribution in [0.25, 0.3) is 0 Å². The summed E-state index contributed by atoms with van der Waals surface area (Å²) in [6.45, 7) is 8.56. The van der Waals surface area contributed by atoms with Crippen molar-refractivity contribution in [1.29, 1.82) is 0 Å². The largest absolute Gasteiger partial charge is 0.317 e. The molecule has 1 atom stereocenters. The van der Waals surface area contributed by atoms with E-state index in [1.807, 2.05) is 11.9 Å². The number of carbonyl (C=O) groups is 1. The van der Waals surface area contributed by atoms with Crippen molar-refractivity contribution in [3.05, 3.63) is 29.3 Å². The molecule has 1 heterocycles. The van der Waals surface area contributed by atoms with Gasteiger partial charge in [-0.1, -0.05) is 13.0 Å². The first-order valence-electron chi connectivity index (χ1n) is 8.03. The molecule has 0 aromatic heterocycles. The van der Waals surface area contributed by atoms with Crippen molar-refractivity contribution in [2.75, 3.05) is 25.0 Å². The third-order valence-electron chi connectivity index (χ3n) is 4.65. The number of anilines is 1. The summed E-state index contributed by atoms with van der Waals surface area (Å²) in [5.41, 5.74) is 3.42. The van der Waals surface area contributed by atoms with Crippen molar-refractivity contribution in [3.63, 3.8) is 0 Å². The van der Waals surface area contributed by atoms with E-state index in [0.717, 1.165) is 18.8 Å². The molecule has 1 aliphatic rings. The van der Waals surface area contributed by atoms with Crippen molar-refractivity contribution in [1.82, 2.24) is 5.32 Å². The van der Waals surface area contributed by atoms with E-state index >= 15 is 0 Å². The molecule has 1 unspecified atom stereocenters. The molecule has 1 fully saturated rings. The Morgan fingerprint density at radius 1 is 1.24 bits per heavy atom. The lowest BCUT2D eigenvalue weighted by Crippen LogP contribution is -2.34. The van der Waals surface area contributed by atoms with Gasteiger partial charge >= 0.3 is 0 Å². The summed E-state index contributed by atoms with van der Waals surface area (Å²) in [6.07, 6.45) is 3.04. The molecule has 1 amide bonds. The van der Waals surface area contributed by atoms with Crippen molar-refractivity contribution in [3.8, 4) is 0 Å². The Kier molecular flexibility index (Phi) is 5.40. The molecule has 1 aromatic rings. The van der Waals surface area contributed by atoms with Crippen molar-refractivity contribution in [2.45, 2.75) is 40.0 Å². The van der Waals surface area contributed by atoms with Crippen LogP contribution in [-0.2, 0) is 4.79 Å². The minimum absolute atomic E-state index is 0.228. The summed E-state index contributed by atoms with van der Waals surface area (Å²) in [7, 11) is 1.89. The Balaban J connectivity index is 1.98. The maximum absolute atomic E-state index is 12.5. The van der Waals surface area contributed by atoms with E-state index in [2.05, 4.69) is 44.3 Å². The lowest BCUT2D eigenvalue weighted by Gasteiger charge is -2.29. The lowest BCUT2D eigenvalue weighted by atomic mass is 9.84. The number of benzene rings is 1. The van der Waals surface area contributed by atoms with E-state index in [0.29, 0.717) is 18.3 Å². The van der Waals surface area contributed by atoms with Gasteiger partial charge in [-0.25, -0.2) is 0 Å². The van der Waals surface area contributed by atoms with Crippen LogP contribution in [0.1, 0.15) is 37.3 Å². The summed E-state index contributed by atoms with van der Waals surface area (Å²) >= 11 is 0. The SMILES string of the molecule is Cc1cc(C)cc(N(C)C(=O)CC(C)C2CCNCC2)c1. The molecular formula is C18H28N2O. The van der Waals surface area contributed by atoms with Crippen molar-refractivity contribution >= 4 is 11.6 Å². The third-order valence-corrected chi connectivity index (χ3v) is 4.65. The van der Waals surface area contributed by atoms with E-state index < -0.39 is 0 Å². The zero-order chi connectivity index (χ0) is 15.4. The van der Waals surface area contributed by atoms with Gasteiger partial charge in [0.25, 0.3) is 0 Å². The summed E-state index contributed by atoms with van der Waals surface area (Å²) in [5, 5.41) is 3.39. The number of hydrogen-bond donors (Lipinski definition) is 1. The van der Waals surface area contributed by atoms with Crippen molar-refractivity contribution < 1.29 is 4.79 Å². The van der Waals surface area contributed by atoms with E-state index in [4.69, 9.17) is 0 Å². The second-order valence-electron chi connectivity index (χ2n) is 6.57. The highest BCUT2D eigenvalue weighted by atomic mass is 16.2. The predicted octanol–water partition coefficient (Wildman–Crippen LogP) is 3.29. The third kappa shape index (κ3) is 4.31. The summed E-state index contributed by atoms with van der Waals surface area (Å²) < 4.78 is 0. The first kappa shape index (κ1) is 16.0. The van der Waals surface area contributed by atoms with Crippen LogP contribution >= 0.6 is 0 Å². The molecule has 0 aliphatic carbocycles. The molecule has 3 nitrogen and oxygen atoms in total. The van der Waals surface area contributed by atoms with E-state index in [-0.39, 0.29) is 5.91 Å². The average molecular weight is 288 g/mol. The first-order valence-corrected chi connectivity index (χ1v) is 8.03. The maximum Gasteiger partial charge on any atom is 0.226 e. The smallest absolute Gasteiger partial charge is 0.226 e. The zero-order valence-electron chi connectivity index (χ0n) is 13.8. The fourth-order valence-corrected chi connectivity index (χ4v) is 3.28. The number of hydrogen-bond acceptors (Lipinski definition) is 2. The van der Waals surface area contributed by atoms with E-state index in [1.165, 1.54) is 24.0 Å². The van der Waals surface area contributed by atoms with Crippen LogP contribution in [-0.4, -0.2) is 26.0 Å². The monoisotopic (exact) mass is 288 g/mol. The van der Waals surface area contributed by atoms with Gasteiger partial charge in [-0.2, -0.15) is 0 Å². The maximum atomic E-state index is 12.5. The molecule has 1 saturated heterocycles. The number of nitrogens with zero attached hydrogens (tertiary/aromatic N) is 1. The molecule has 1 N–H and O–H groups in total. The number of carbonyl (C=O) groups excluding carboxylic acids is 1. The summed E-state index contributed by atoms with van der Waals surface area (Å²) in [5.74, 6) is 1.38. The molecule has 3 heteroatoms. The number of nitrogens with one attached hydrogen (secondary N) is 1. The van der Waals surface area contributed by atoms with Crippen LogP contribution in [0.5, 0.6) is 0 Å². The van der Waals surface area contributed by atoms with Gasteiger partial charge in [0.15, 0.2) is 0 Å². The minimum Gasteiger partial charge on any atom is -0.317 e. The number of aryl methyl sites for hydroxylation is 2.